The molecular weight excluding hydrogens is 558 g/mol. The molecule has 1 aliphatic heterocycles. The summed E-state index contributed by atoms with van der Waals surface area (Å²) in [5.41, 5.74) is 10.7. The van der Waals surface area contributed by atoms with Gasteiger partial charge < -0.3 is 9.30 Å². The second-order valence-electron chi connectivity index (χ2n) is 12.1. The van der Waals surface area contributed by atoms with Gasteiger partial charge in [0.2, 0.25) is 0 Å². The lowest BCUT2D eigenvalue weighted by Gasteiger charge is -2.23. The summed E-state index contributed by atoms with van der Waals surface area (Å²) in [5, 5.41) is 7.45. The van der Waals surface area contributed by atoms with Crippen molar-refractivity contribution in [3.05, 3.63) is 164 Å². The largest absolute Gasteiger partial charge is 0.456 e. The molecule has 0 aliphatic carbocycles. The summed E-state index contributed by atoms with van der Waals surface area (Å²) in [4.78, 5) is 0. The van der Waals surface area contributed by atoms with Crippen molar-refractivity contribution in [1.29, 1.82) is 0 Å². The lowest BCUT2D eigenvalue weighted by molar-refractivity contribution is 0.487. The fraction of sp³-hybridized carbons (Fsp3) is 0. The summed E-state index contributed by atoms with van der Waals surface area (Å²) in [7, 11) is 0. The van der Waals surface area contributed by atoms with E-state index in [1.165, 1.54) is 71.2 Å². The van der Waals surface area contributed by atoms with Crippen molar-refractivity contribution in [3.8, 4) is 50.6 Å². The summed E-state index contributed by atoms with van der Waals surface area (Å²) in [5.74, 6) is 1.82. The van der Waals surface area contributed by atoms with Crippen molar-refractivity contribution in [2.45, 2.75) is 0 Å². The highest BCUT2D eigenvalue weighted by molar-refractivity contribution is 6.22. The summed E-state index contributed by atoms with van der Waals surface area (Å²) >= 11 is 0. The van der Waals surface area contributed by atoms with Crippen LogP contribution in [0, 0.1) is 0 Å². The molecule has 0 N–H and O–H groups in total. The number of hydrogen-bond donors (Lipinski definition) is 0. The van der Waals surface area contributed by atoms with E-state index in [0.717, 1.165) is 22.7 Å². The number of para-hydroxylation sites is 2. The van der Waals surface area contributed by atoms with Crippen LogP contribution in [0.1, 0.15) is 0 Å². The van der Waals surface area contributed by atoms with Gasteiger partial charge in [0.05, 0.1) is 11.0 Å². The first kappa shape index (κ1) is 25.2. The Morgan fingerprint density at radius 1 is 0.370 bits per heavy atom. The highest BCUT2D eigenvalue weighted by Crippen LogP contribution is 2.49. The Bertz CT molecular complexity index is 2660. The summed E-state index contributed by atoms with van der Waals surface area (Å²) in [6.45, 7) is 0. The predicted octanol–water partition coefficient (Wildman–Crippen LogP) is 12.2. The van der Waals surface area contributed by atoms with Gasteiger partial charge in [-0.25, -0.2) is 0 Å². The van der Waals surface area contributed by atoms with Gasteiger partial charge in [-0.05, 0) is 80.4 Å². The van der Waals surface area contributed by atoms with Crippen molar-refractivity contribution in [2.75, 3.05) is 0 Å². The molecule has 0 saturated carbocycles. The minimum Gasteiger partial charge on any atom is -0.456 e. The van der Waals surface area contributed by atoms with Gasteiger partial charge in [-0.3, -0.25) is 0 Å². The highest BCUT2D eigenvalue weighted by Gasteiger charge is 2.22. The zero-order chi connectivity index (χ0) is 30.2. The molecule has 2 nitrogen and oxygen atoms in total. The molecule has 1 aliphatic rings. The first-order valence-corrected chi connectivity index (χ1v) is 15.8. The maximum absolute atomic E-state index is 6.42. The Balaban J connectivity index is 1.23. The third kappa shape index (κ3) is 3.59. The first-order valence-electron chi connectivity index (χ1n) is 15.8. The fourth-order valence-corrected chi connectivity index (χ4v) is 7.60. The summed E-state index contributed by atoms with van der Waals surface area (Å²) in [6.07, 6.45) is 0. The second kappa shape index (κ2) is 9.69. The molecule has 0 radical (unpaired) electrons. The van der Waals surface area contributed by atoms with E-state index in [9.17, 15) is 0 Å². The Labute approximate surface area is 266 Å². The Kier molecular flexibility index (Phi) is 5.31. The number of fused-ring (bicyclic) bond motifs is 7. The van der Waals surface area contributed by atoms with E-state index in [1.807, 2.05) is 12.1 Å². The van der Waals surface area contributed by atoms with Crippen LogP contribution in [-0.4, -0.2) is 4.57 Å². The van der Waals surface area contributed by atoms with E-state index < -0.39 is 0 Å². The topological polar surface area (TPSA) is 14.2 Å². The molecule has 8 aromatic carbocycles. The maximum Gasteiger partial charge on any atom is 0.135 e. The number of nitrogens with zero attached hydrogens (tertiary/aromatic N) is 1. The minimum atomic E-state index is 0.908. The van der Waals surface area contributed by atoms with Crippen LogP contribution in [-0.2, 0) is 0 Å². The normalized spacial score (nSPS) is 12.1. The molecule has 0 atom stereocenters. The monoisotopic (exact) mass is 585 g/mol. The van der Waals surface area contributed by atoms with Crippen LogP contribution in [0.25, 0.3) is 82.4 Å². The average molecular weight is 586 g/mol. The molecule has 9 aromatic rings. The average Bonchev–Trinajstić information content (AvgIpc) is 3.46. The lowest BCUT2D eigenvalue weighted by Crippen LogP contribution is -1.98. The summed E-state index contributed by atoms with van der Waals surface area (Å²) in [6, 6.07) is 59.0. The van der Waals surface area contributed by atoms with Crippen molar-refractivity contribution in [1.82, 2.24) is 4.57 Å². The third-order valence-electron chi connectivity index (χ3n) is 9.60. The number of benzene rings is 8. The van der Waals surface area contributed by atoms with Crippen molar-refractivity contribution < 1.29 is 4.74 Å². The van der Waals surface area contributed by atoms with E-state index in [2.05, 4.69) is 156 Å². The Morgan fingerprint density at radius 3 is 2.02 bits per heavy atom. The van der Waals surface area contributed by atoms with Crippen LogP contribution < -0.4 is 4.74 Å². The number of aromatic nitrogens is 1. The molecule has 214 valence electrons. The van der Waals surface area contributed by atoms with Crippen LogP contribution in [0.3, 0.4) is 0 Å². The van der Waals surface area contributed by atoms with E-state index >= 15 is 0 Å². The van der Waals surface area contributed by atoms with Crippen molar-refractivity contribution >= 4 is 43.4 Å². The molecule has 10 rings (SSSR count). The standard InChI is InChI=1S/C44H27NO/c1-2-12-30(13-3-1)45-39-25-22-28-11-4-5-15-32(28)43(39)38-23-21-29(27-40(38)45)31-14-6-7-16-33(31)34-24-26-42-44-36(34)18-10-19-37(44)35-17-8-9-20-41(35)46-42/h1-27H. The van der Waals surface area contributed by atoms with Crippen LogP contribution in [0.2, 0.25) is 0 Å². The Morgan fingerprint density at radius 2 is 1.11 bits per heavy atom. The molecule has 2 heterocycles. The van der Waals surface area contributed by atoms with Crippen LogP contribution in [0.15, 0.2) is 164 Å². The van der Waals surface area contributed by atoms with E-state index in [-0.39, 0.29) is 0 Å². The van der Waals surface area contributed by atoms with Crippen molar-refractivity contribution in [3.63, 3.8) is 0 Å². The number of hydrogen-bond acceptors (Lipinski definition) is 1. The molecular formula is C44H27NO. The van der Waals surface area contributed by atoms with Gasteiger partial charge in [0.15, 0.2) is 0 Å². The van der Waals surface area contributed by atoms with E-state index in [1.54, 1.807) is 0 Å². The predicted molar refractivity (Wildman–Crippen MR) is 192 cm³/mol. The third-order valence-corrected chi connectivity index (χ3v) is 9.60. The van der Waals surface area contributed by atoms with Crippen molar-refractivity contribution in [2.24, 2.45) is 0 Å². The molecule has 1 aromatic heterocycles. The SMILES string of the molecule is c1ccc(-n2c3cc(-c4ccccc4-c4ccc5c6c(cccc46)-c4ccccc4O5)ccc3c3c4ccccc4ccc32)cc1. The quantitative estimate of drug-likeness (QED) is 0.201. The Hall–Kier alpha value is -6.12. The van der Waals surface area contributed by atoms with E-state index in [0.29, 0.717) is 0 Å². The molecule has 0 unspecified atom stereocenters. The van der Waals surface area contributed by atoms with E-state index in [4.69, 9.17) is 4.74 Å². The summed E-state index contributed by atoms with van der Waals surface area (Å²) < 4.78 is 8.83. The van der Waals surface area contributed by atoms with Gasteiger partial charge in [0, 0.05) is 27.4 Å². The van der Waals surface area contributed by atoms with Gasteiger partial charge in [-0.1, -0.05) is 127 Å². The number of rotatable bonds is 3. The maximum atomic E-state index is 6.42. The molecule has 0 saturated heterocycles. The van der Waals surface area contributed by atoms with Crippen LogP contribution in [0.5, 0.6) is 11.5 Å². The lowest BCUT2D eigenvalue weighted by atomic mass is 9.88. The smallest absolute Gasteiger partial charge is 0.135 e. The molecule has 2 heteroatoms. The molecule has 0 fully saturated rings. The molecule has 0 bridgehead atoms. The molecule has 0 amide bonds. The fourth-order valence-electron chi connectivity index (χ4n) is 7.60. The number of ether oxygens (including phenoxy) is 1. The van der Waals surface area contributed by atoms with Gasteiger partial charge in [-0.15, -0.1) is 0 Å². The van der Waals surface area contributed by atoms with Crippen LogP contribution >= 0.6 is 0 Å². The van der Waals surface area contributed by atoms with Gasteiger partial charge >= 0.3 is 0 Å². The van der Waals surface area contributed by atoms with Gasteiger partial charge in [0.25, 0.3) is 0 Å². The first-order chi connectivity index (χ1) is 22.8. The zero-order valence-corrected chi connectivity index (χ0v) is 24.9. The highest BCUT2D eigenvalue weighted by atomic mass is 16.5. The molecule has 0 spiro atoms. The van der Waals surface area contributed by atoms with Crippen LogP contribution in [0.4, 0.5) is 0 Å². The molecule has 46 heavy (non-hydrogen) atoms. The van der Waals surface area contributed by atoms with Gasteiger partial charge in [0.1, 0.15) is 11.5 Å². The zero-order valence-electron chi connectivity index (χ0n) is 24.9. The van der Waals surface area contributed by atoms with Gasteiger partial charge in [-0.2, -0.15) is 0 Å². The second-order valence-corrected chi connectivity index (χ2v) is 12.1. The minimum absolute atomic E-state index is 0.908.